The van der Waals surface area contributed by atoms with Crippen molar-refractivity contribution in [2.24, 2.45) is 11.7 Å². The maximum absolute atomic E-state index is 5.91. The van der Waals surface area contributed by atoms with E-state index in [1.807, 2.05) is 0 Å². The van der Waals surface area contributed by atoms with Crippen molar-refractivity contribution in [1.82, 2.24) is 4.90 Å². The maximum Gasteiger partial charge on any atom is 0.0199 e. The molecule has 2 fully saturated rings. The van der Waals surface area contributed by atoms with Crippen LogP contribution in [0.2, 0.25) is 0 Å². The average Bonchev–Trinajstić information content (AvgIpc) is 2.89. The topological polar surface area (TPSA) is 29.3 Å². The first kappa shape index (κ1) is 12.7. The van der Waals surface area contributed by atoms with Crippen LogP contribution in [0.3, 0.4) is 0 Å². The van der Waals surface area contributed by atoms with Crippen molar-refractivity contribution in [1.29, 1.82) is 0 Å². The summed E-state index contributed by atoms with van der Waals surface area (Å²) in [5, 5.41) is 0.858. The van der Waals surface area contributed by atoms with Crippen molar-refractivity contribution in [3.05, 3.63) is 0 Å². The minimum Gasteiger partial charge on any atom is -0.330 e. The van der Waals surface area contributed by atoms with Crippen molar-refractivity contribution in [2.45, 2.75) is 56.9 Å². The normalized spacial score (nSPS) is 39.8. The third-order valence-electron chi connectivity index (χ3n) is 4.36. The highest BCUT2D eigenvalue weighted by Gasteiger charge is 2.36. The molecule has 2 N–H and O–H groups in total. The Balaban J connectivity index is 1.98. The molecule has 3 heteroatoms. The van der Waals surface area contributed by atoms with E-state index in [-0.39, 0.29) is 0 Å². The number of hydrogen-bond donors (Lipinski definition) is 1. The molecule has 2 aliphatic rings. The Morgan fingerprint density at radius 1 is 1.38 bits per heavy atom. The lowest BCUT2D eigenvalue weighted by Crippen LogP contribution is -2.46. The summed E-state index contributed by atoms with van der Waals surface area (Å²) < 4.78 is 0. The van der Waals surface area contributed by atoms with Crippen LogP contribution in [0.4, 0.5) is 0 Å². The molecule has 4 unspecified atom stereocenters. The molecule has 0 amide bonds. The van der Waals surface area contributed by atoms with Crippen LogP contribution in [0.25, 0.3) is 0 Å². The van der Waals surface area contributed by atoms with Crippen molar-refractivity contribution in [3.63, 3.8) is 0 Å². The third-order valence-corrected chi connectivity index (χ3v) is 5.70. The van der Waals surface area contributed by atoms with Crippen LogP contribution in [0, 0.1) is 5.92 Å². The first-order valence-corrected chi connectivity index (χ1v) is 7.88. The van der Waals surface area contributed by atoms with E-state index in [9.17, 15) is 0 Å². The highest BCUT2D eigenvalue weighted by atomic mass is 32.2. The first-order valence-electron chi connectivity index (χ1n) is 6.83. The van der Waals surface area contributed by atoms with E-state index < -0.39 is 0 Å². The van der Waals surface area contributed by atoms with Gasteiger partial charge in [-0.3, -0.25) is 4.90 Å². The highest BCUT2D eigenvalue weighted by Crippen LogP contribution is 2.36. The SMILES string of the molecule is CCN(C1CSC(C)C1)C1CCCC1CN. The summed E-state index contributed by atoms with van der Waals surface area (Å²) in [6.07, 6.45) is 5.50. The second kappa shape index (κ2) is 5.74. The van der Waals surface area contributed by atoms with Crippen LogP contribution >= 0.6 is 11.8 Å². The molecular formula is C13H26N2S. The number of rotatable bonds is 4. The molecule has 0 spiro atoms. The van der Waals surface area contributed by atoms with Gasteiger partial charge in [-0.05, 0) is 38.3 Å². The zero-order chi connectivity index (χ0) is 11.5. The van der Waals surface area contributed by atoms with Gasteiger partial charge in [0.15, 0.2) is 0 Å². The average molecular weight is 242 g/mol. The highest BCUT2D eigenvalue weighted by molar-refractivity contribution is 8.00. The van der Waals surface area contributed by atoms with E-state index in [4.69, 9.17) is 5.73 Å². The summed E-state index contributed by atoms with van der Waals surface area (Å²) >= 11 is 2.14. The van der Waals surface area contributed by atoms with E-state index in [0.717, 1.165) is 29.8 Å². The molecule has 1 aliphatic heterocycles. The Morgan fingerprint density at radius 3 is 2.75 bits per heavy atom. The summed E-state index contributed by atoms with van der Waals surface area (Å²) in [7, 11) is 0. The van der Waals surface area contributed by atoms with Crippen LogP contribution in [0.15, 0.2) is 0 Å². The van der Waals surface area contributed by atoms with E-state index in [2.05, 4.69) is 30.5 Å². The fraction of sp³-hybridized carbons (Fsp3) is 1.00. The van der Waals surface area contributed by atoms with Crippen molar-refractivity contribution >= 4 is 11.8 Å². The molecule has 1 saturated heterocycles. The zero-order valence-electron chi connectivity index (χ0n) is 10.7. The van der Waals surface area contributed by atoms with E-state index in [0.29, 0.717) is 0 Å². The molecule has 0 aromatic rings. The molecular weight excluding hydrogens is 216 g/mol. The molecule has 1 heterocycles. The van der Waals surface area contributed by atoms with Gasteiger partial charge >= 0.3 is 0 Å². The molecule has 1 saturated carbocycles. The molecule has 2 rings (SSSR count). The quantitative estimate of drug-likeness (QED) is 0.820. The number of nitrogens with zero attached hydrogens (tertiary/aromatic N) is 1. The summed E-state index contributed by atoms with van der Waals surface area (Å²) in [4.78, 5) is 2.76. The fourth-order valence-electron chi connectivity index (χ4n) is 3.52. The molecule has 94 valence electrons. The Kier molecular flexibility index (Phi) is 4.57. The number of hydrogen-bond acceptors (Lipinski definition) is 3. The van der Waals surface area contributed by atoms with Gasteiger partial charge in [0.05, 0.1) is 0 Å². The van der Waals surface area contributed by atoms with E-state index in [1.54, 1.807) is 0 Å². The fourth-order valence-corrected chi connectivity index (χ4v) is 4.75. The van der Waals surface area contributed by atoms with Crippen molar-refractivity contribution < 1.29 is 0 Å². The van der Waals surface area contributed by atoms with Crippen LogP contribution in [-0.4, -0.2) is 41.1 Å². The van der Waals surface area contributed by atoms with Gasteiger partial charge in [-0.15, -0.1) is 0 Å². The van der Waals surface area contributed by atoms with Crippen molar-refractivity contribution in [2.75, 3.05) is 18.8 Å². The third kappa shape index (κ3) is 2.57. The summed E-state index contributed by atoms with van der Waals surface area (Å²) in [6.45, 7) is 6.78. The van der Waals surface area contributed by atoms with Gasteiger partial charge in [0.1, 0.15) is 0 Å². The number of nitrogens with two attached hydrogens (primary N) is 1. The van der Waals surface area contributed by atoms with Gasteiger partial charge in [-0.2, -0.15) is 11.8 Å². The molecule has 16 heavy (non-hydrogen) atoms. The Labute approximate surface area is 104 Å². The monoisotopic (exact) mass is 242 g/mol. The van der Waals surface area contributed by atoms with E-state index in [1.165, 1.54) is 38.0 Å². The van der Waals surface area contributed by atoms with E-state index >= 15 is 0 Å². The van der Waals surface area contributed by atoms with Gasteiger partial charge in [0.2, 0.25) is 0 Å². The Hall–Kier alpha value is 0.270. The predicted octanol–water partition coefficient (Wildman–Crippen LogP) is 2.33. The summed E-state index contributed by atoms with van der Waals surface area (Å²) in [6, 6.07) is 1.60. The van der Waals surface area contributed by atoms with Gasteiger partial charge in [0, 0.05) is 23.1 Å². The lowest BCUT2D eigenvalue weighted by molar-refractivity contribution is 0.124. The second-order valence-corrected chi connectivity index (χ2v) is 6.83. The molecule has 4 atom stereocenters. The van der Waals surface area contributed by atoms with Gasteiger partial charge < -0.3 is 5.73 Å². The summed E-state index contributed by atoms with van der Waals surface area (Å²) in [5.74, 6) is 2.10. The molecule has 0 bridgehead atoms. The minimum atomic E-state index is 0.765. The second-order valence-electron chi connectivity index (χ2n) is 5.36. The van der Waals surface area contributed by atoms with Crippen LogP contribution in [-0.2, 0) is 0 Å². The molecule has 0 radical (unpaired) electrons. The molecule has 0 aromatic heterocycles. The lowest BCUT2D eigenvalue weighted by Gasteiger charge is -2.36. The first-order chi connectivity index (χ1) is 7.76. The lowest BCUT2D eigenvalue weighted by atomic mass is 9.99. The maximum atomic E-state index is 5.91. The minimum absolute atomic E-state index is 0.765. The zero-order valence-corrected chi connectivity index (χ0v) is 11.5. The van der Waals surface area contributed by atoms with Crippen LogP contribution < -0.4 is 5.73 Å². The Bertz CT molecular complexity index is 222. The largest absolute Gasteiger partial charge is 0.330 e. The van der Waals surface area contributed by atoms with Gasteiger partial charge in [0.25, 0.3) is 0 Å². The summed E-state index contributed by atoms with van der Waals surface area (Å²) in [5.41, 5.74) is 5.91. The number of thioether (sulfide) groups is 1. The molecule has 2 nitrogen and oxygen atoms in total. The standard InChI is InChI=1S/C13H26N2S/c1-3-15(12-7-10(2)16-9-12)13-6-4-5-11(13)8-14/h10-13H,3-9,14H2,1-2H3. The molecule has 1 aliphatic carbocycles. The molecule has 0 aromatic carbocycles. The van der Waals surface area contributed by atoms with Crippen LogP contribution in [0.1, 0.15) is 39.5 Å². The smallest absolute Gasteiger partial charge is 0.0199 e. The van der Waals surface area contributed by atoms with Crippen LogP contribution in [0.5, 0.6) is 0 Å². The van der Waals surface area contributed by atoms with Gasteiger partial charge in [-0.1, -0.05) is 20.3 Å². The van der Waals surface area contributed by atoms with Crippen molar-refractivity contribution in [3.8, 4) is 0 Å². The van der Waals surface area contributed by atoms with Gasteiger partial charge in [-0.25, -0.2) is 0 Å². The predicted molar refractivity (Wildman–Crippen MR) is 72.9 cm³/mol. The Morgan fingerprint density at radius 2 is 2.19 bits per heavy atom.